The summed E-state index contributed by atoms with van der Waals surface area (Å²) >= 11 is 0. The number of aromatic nitrogens is 2. The minimum Gasteiger partial charge on any atom is -0.504 e. The zero-order valence-corrected chi connectivity index (χ0v) is 10.8. The molecule has 2 aromatic rings. The summed E-state index contributed by atoms with van der Waals surface area (Å²) in [6.45, 7) is 4.00. The molecule has 0 aliphatic rings. The monoisotopic (exact) mass is 265 g/mol. The minimum atomic E-state index is -0.624. The van der Waals surface area contributed by atoms with E-state index in [0.29, 0.717) is 0 Å². The number of hydrogen-bond donors (Lipinski definition) is 4. The predicted molar refractivity (Wildman–Crippen MR) is 70.4 cm³/mol. The molecule has 102 valence electrons. The Morgan fingerprint density at radius 2 is 1.84 bits per heavy atom. The Labute approximate surface area is 108 Å². The fraction of sp³-hybridized carbons (Fsp3) is 0.250. The van der Waals surface area contributed by atoms with Crippen molar-refractivity contribution in [2.75, 3.05) is 7.05 Å². The zero-order chi connectivity index (χ0) is 14.6. The second-order valence-electron chi connectivity index (χ2n) is 3.37. The normalized spacial score (nSPS) is 9.63. The topological polar surface area (TPSA) is 115 Å². The number of H-pyrrole nitrogens is 1. The largest absolute Gasteiger partial charge is 0.504 e. The molecule has 19 heavy (non-hydrogen) atoms. The van der Waals surface area contributed by atoms with E-state index < -0.39 is 17.1 Å². The van der Waals surface area contributed by atoms with Gasteiger partial charge < -0.3 is 15.5 Å². The first-order valence-electron chi connectivity index (χ1n) is 5.71. The van der Waals surface area contributed by atoms with E-state index in [1.165, 1.54) is 7.05 Å². The van der Waals surface area contributed by atoms with Crippen LogP contribution in [0.1, 0.15) is 24.3 Å². The summed E-state index contributed by atoms with van der Waals surface area (Å²) in [5.74, 6) is -1.43. The Kier molecular flexibility index (Phi) is 4.46. The molecule has 0 bridgehead atoms. The highest BCUT2D eigenvalue weighted by molar-refractivity contribution is 5.95. The van der Waals surface area contributed by atoms with Crippen molar-refractivity contribution in [2.24, 2.45) is 0 Å². The molecule has 0 radical (unpaired) electrons. The molecule has 0 atom stereocenters. The molecule has 1 amide bonds. The Balaban J connectivity index is 0.000000861. The Bertz CT molecular complexity index is 664. The van der Waals surface area contributed by atoms with Gasteiger partial charge in [-0.25, -0.2) is 0 Å². The van der Waals surface area contributed by atoms with Gasteiger partial charge in [-0.05, 0) is 6.07 Å². The lowest BCUT2D eigenvalue weighted by molar-refractivity contribution is 0.0956. The highest BCUT2D eigenvalue weighted by atomic mass is 16.3. The van der Waals surface area contributed by atoms with Crippen LogP contribution in [0.5, 0.6) is 11.5 Å². The minimum absolute atomic E-state index is 0.0777. The van der Waals surface area contributed by atoms with Crippen LogP contribution in [0.25, 0.3) is 10.9 Å². The number of aromatic amines is 1. The molecule has 4 N–H and O–H groups in total. The maximum absolute atomic E-state index is 11.9. The molecule has 1 aromatic carbocycles. The van der Waals surface area contributed by atoms with Gasteiger partial charge in [0.2, 0.25) is 5.43 Å². The van der Waals surface area contributed by atoms with E-state index >= 15 is 0 Å². The maximum Gasteiger partial charge on any atom is 0.275 e. The number of nitrogens with one attached hydrogen (secondary N) is 2. The molecule has 2 rings (SSSR count). The number of carbonyl (C=O) groups is 1. The van der Waals surface area contributed by atoms with Gasteiger partial charge in [0.15, 0.2) is 17.2 Å². The van der Waals surface area contributed by atoms with Gasteiger partial charge in [-0.1, -0.05) is 13.8 Å². The van der Waals surface area contributed by atoms with Crippen molar-refractivity contribution < 1.29 is 15.0 Å². The van der Waals surface area contributed by atoms with E-state index in [4.69, 9.17) is 0 Å². The van der Waals surface area contributed by atoms with Gasteiger partial charge in [0.05, 0.1) is 10.9 Å². The van der Waals surface area contributed by atoms with Crippen LogP contribution in [-0.2, 0) is 0 Å². The number of rotatable bonds is 1. The maximum atomic E-state index is 11.9. The van der Waals surface area contributed by atoms with Gasteiger partial charge >= 0.3 is 0 Å². The second-order valence-corrected chi connectivity index (χ2v) is 3.37. The molecule has 0 unspecified atom stereocenters. The van der Waals surface area contributed by atoms with Gasteiger partial charge in [0.1, 0.15) is 0 Å². The molecule has 1 heterocycles. The number of carbonyl (C=O) groups excluding carboxylic acids is 1. The van der Waals surface area contributed by atoms with Gasteiger partial charge in [-0.3, -0.25) is 14.7 Å². The third-order valence-corrected chi connectivity index (χ3v) is 2.30. The molecular weight excluding hydrogens is 250 g/mol. The zero-order valence-electron chi connectivity index (χ0n) is 10.8. The van der Waals surface area contributed by atoms with Crippen molar-refractivity contribution in [3.63, 3.8) is 0 Å². The first kappa shape index (κ1) is 14.5. The van der Waals surface area contributed by atoms with E-state index in [-0.39, 0.29) is 22.3 Å². The van der Waals surface area contributed by atoms with Crippen LogP contribution in [0.15, 0.2) is 16.9 Å². The molecule has 1 aromatic heterocycles. The quantitative estimate of drug-likeness (QED) is 0.567. The number of benzene rings is 1. The van der Waals surface area contributed by atoms with Crippen molar-refractivity contribution in [3.8, 4) is 11.5 Å². The fourth-order valence-corrected chi connectivity index (χ4v) is 1.42. The van der Waals surface area contributed by atoms with E-state index in [2.05, 4.69) is 15.5 Å². The second kappa shape index (κ2) is 5.85. The molecule has 0 saturated carbocycles. The number of nitrogens with zero attached hydrogens (tertiary/aromatic N) is 1. The van der Waals surface area contributed by atoms with Crippen LogP contribution in [0.2, 0.25) is 0 Å². The van der Waals surface area contributed by atoms with Crippen LogP contribution in [0.3, 0.4) is 0 Å². The molecule has 0 aliphatic heterocycles. The summed E-state index contributed by atoms with van der Waals surface area (Å²) in [7, 11) is 1.38. The van der Waals surface area contributed by atoms with Crippen LogP contribution < -0.4 is 10.7 Å². The van der Waals surface area contributed by atoms with E-state index in [9.17, 15) is 19.8 Å². The first-order valence-corrected chi connectivity index (χ1v) is 5.71. The average molecular weight is 265 g/mol. The van der Waals surface area contributed by atoms with Crippen LogP contribution in [0.4, 0.5) is 0 Å². The van der Waals surface area contributed by atoms with Gasteiger partial charge in [0, 0.05) is 13.1 Å². The van der Waals surface area contributed by atoms with Crippen LogP contribution in [-0.4, -0.2) is 33.4 Å². The number of phenolic OH excluding ortho intramolecular Hbond substituents is 2. The van der Waals surface area contributed by atoms with Crippen molar-refractivity contribution in [3.05, 3.63) is 28.0 Å². The highest BCUT2D eigenvalue weighted by Gasteiger charge is 2.14. The molecule has 7 nitrogen and oxygen atoms in total. The van der Waals surface area contributed by atoms with Crippen LogP contribution >= 0.6 is 0 Å². The van der Waals surface area contributed by atoms with E-state index in [1.807, 2.05) is 13.8 Å². The summed E-state index contributed by atoms with van der Waals surface area (Å²) in [6, 6.07) is 2.24. The van der Waals surface area contributed by atoms with Gasteiger partial charge in [-0.15, -0.1) is 0 Å². The summed E-state index contributed by atoms with van der Waals surface area (Å²) in [6.07, 6.45) is 0. The van der Waals surface area contributed by atoms with E-state index in [0.717, 1.165) is 12.1 Å². The number of amides is 1. The number of phenols is 2. The molecule has 0 aliphatic carbocycles. The van der Waals surface area contributed by atoms with Crippen molar-refractivity contribution in [2.45, 2.75) is 13.8 Å². The first-order chi connectivity index (χ1) is 9.04. The summed E-state index contributed by atoms with van der Waals surface area (Å²) in [4.78, 5) is 23.2. The summed E-state index contributed by atoms with van der Waals surface area (Å²) in [5.41, 5.74) is -0.684. The van der Waals surface area contributed by atoms with Crippen molar-refractivity contribution >= 4 is 16.8 Å². The Morgan fingerprint density at radius 1 is 1.26 bits per heavy atom. The molecular formula is C12H15N3O4. The SMILES string of the molecule is CC.CNC(=O)c1n[nH]c2cc(O)c(O)cc2c1=O. The van der Waals surface area contributed by atoms with Gasteiger partial charge in [0.25, 0.3) is 5.91 Å². The lowest BCUT2D eigenvalue weighted by atomic mass is 10.2. The lowest BCUT2D eigenvalue weighted by Gasteiger charge is -2.03. The fourth-order valence-electron chi connectivity index (χ4n) is 1.42. The highest BCUT2D eigenvalue weighted by Crippen LogP contribution is 2.27. The number of hydrogen-bond acceptors (Lipinski definition) is 5. The smallest absolute Gasteiger partial charge is 0.275 e. The third kappa shape index (κ3) is 2.65. The summed E-state index contributed by atoms with van der Waals surface area (Å²) in [5, 5.41) is 27.0. The standard InChI is InChI=1S/C10H9N3O4.C2H6/c1-11-10(17)8-9(16)4-2-6(14)7(15)3-5(4)12-13-8;1-2/h2-3,14-15H,1H3,(H,11,17)(H,12,16);1-2H3. The molecule has 0 fully saturated rings. The van der Waals surface area contributed by atoms with Crippen LogP contribution in [0, 0.1) is 0 Å². The molecule has 7 heteroatoms. The Morgan fingerprint density at radius 3 is 2.42 bits per heavy atom. The summed E-state index contributed by atoms with van der Waals surface area (Å²) < 4.78 is 0. The number of fused-ring (bicyclic) bond motifs is 1. The average Bonchev–Trinajstić information content (AvgIpc) is 2.43. The van der Waals surface area contributed by atoms with Crippen molar-refractivity contribution in [1.82, 2.24) is 15.5 Å². The predicted octanol–water partition coefficient (Wildman–Crippen LogP) is 0.720. The van der Waals surface area contributed by atoms with E-state index in [1.54, 1.807) is 0 Å². The molecule has 0 saturated heterocycles. The Hall–Kier alpha value is -2.57. The van der Waals surface area contributed by atoms with Crippen molar-refractivity contribution in [1.29, 1.82) is 0 Å². The third-order valence-electron chi connectivity index (χ3n) is 2.30. The number of aromatic hydroxyl groups is 2. The lowest BCUT2D eigenvalue weighted by Crippen LogP contribution is -2.27. The van der Waals surface area contributed by atoms with Gasteiger partial charge in [-0.2, -0.15) is 5.10 Å². The molecule has 0 spiro atoms.